The Labute approximate surface area is 171 Å². The van der Waals surface area contributed by atoms with Crippen LogP contribution in [0.25, 0.3) is 0 Å². The summed E-state index contributed by atoms with van der Waals surface area (Å²) in [5, 5.41) is 6.91. The number of nitrogens with one attached hydrogen (secondary N) is 3. The smallest absolute Gasteiger partial charge is 0.339 e. The fraction of sp³-hybridized carbons (Fsp3) is 0.333. The zero-order chi connectivity index (χ0) is 19.4. The number of carbonyl (C=O) groups excluding carboxylic acids is 1. The van der Waals surface area contributed by atoms with Crippen LogP contribution in [0.3, 0.4) is 0 Å². The van der Waals surface area contributed by atoms with Crippen LogP contribution in [0.1, 0.15) is 5.56 Å². The van der Waals surface area contributed by atoms with E-state index in [1.165, 1.54) is 12.1 Å². The van der Waals surface area contributed by atoms with Crippen LogP contribution in [-0.4, -0.2) is 25.8 Å². The number of carbonyl (C=O) groups is 1. The quantitative estimate of drug-likeness (QED) is 0.337. The lowest BCUT2D eigenvalue weighted by Crippen LogP contribution is -2.57. The minimum atomic E-state index is -4.52. The summed E-state index contributed by atoms with van der Waals surface area (Å²) < 4.78 is 36.0. The third-order valence-corrected chi connectivity index (χ3v) is 3.81. The van der Waals surface area contributed by atoms with Gasteiger partial charge in [-0.15, -0.1) is 0 Å². The van der Waals surface area contributed by atoms with Crippen molar-refractivity contribution >= 4 is 86.9 Å². The lowest BCUT2D eigenvalue weighted by molar-refractivity contribution is -0.137. The molecule has 0 saturated heterocycles. The van der Waals surface area contributed by atoms with Crippen LogP contribution in [-0.2, 0) is 11.0 Å². The topological polar surface area (TPSA) is 53.2 Å². The maximum atomic E-state index is 12.7. The molecule has 1 aromatic carbocycles. The van der Waals surface area contributed by atoms with Crippen molar-refractivity contribution < 1.29 is 18.0 Å². The summed E-state index contributed by atoms with van der Waals surface area (Å²) >= 11 is 32.9. The van der Waals surface area contributed by atoms with E-state index in [1.54, 1.807) is 0 Å². The first-order valence-corrected chi connectivity index (χ1v) is 8.62. The molecule has 3 N–H and O–H groups in total. The van der Waals surface area contributed by atoms with Crippen LogP contribution in [0.5, 0.6) is 0 Å². The summed E-state index contributed by atoms with van der Waals surface area (Å²) in [4.78, 5) is 10.1. The van der Waals surface area contributed by atoms with Gasteiger partial charge in [-0.05, 0) is 30.4 Å². The second kappa shape index (κ2) is 9.01. The molecule has 0 heterocycles. The first kappa shape index (κ1) is 22.7. The summed E-state index contributed by atoms with van der Waals surface area (Å²) in [6, 6.07) is 4.27. The molecule has 0 aromatic heterocycles. The summed E-state index contributed by atoms with van der Waals surface area (Å²) in [6.45, 7) is 0. The van der Waals surface area contributed by atoms with E-state index >= 15 is 0 Å². The molecular formula is C12H9Cl5F3N3OS. The van der Waals surface area contributed by atoms with Gasteiger partial charge in [0.1, 0.15) is 6.17 Å². The van der Waals surface area contributed by atoms with Gasteiger partial charge in [-0.3, -0.25) is 4.79 Å². The molecule has 1 unspecified atom stereocenters. The third-order valence-electron chi connectivity index (χ3n) is 2.54. The second-order valence-corrected chi connectivity index (χ2v) is 8.33. The second-order valence-electron chi connectivity index (χ2n) is 4.46. The van der Waals surface area contributed by atoms with Crippen molar-refractivity contribution in [1.29, 1.82) is 0 Å². The normalized spacial score (nSPS) is 13.3. The van der Waals surface area contributed by atoms with Crippen molar-refractivity contribution in [3.8, 4) is 0 Å². The monoisotopic (exact) mass is 475 g/mol. The fourth-order valence-corrected chi connectivity index (χ4v) is 2.17. The summed E-state index contributed by atoms with van der Waals surface area (Å²) in [7, 11) is 0. The number of benzene rings is 1. The highest BCUT2D eigenvalue weighted by atomic mass is 35.6. The Morgan fingerprint density at radius 3 is 2.20 bits per heavy atom. The highest BCUT2D eigenvalue weighted by molar-refractivity contribution is 7.80. The van der Waals surface area contributed by atoms with Gasteiger partial charge in [-0.25, -0.2) is 0 Å². The van der Waals surface area contributed by atoms with Crippen LogP contribution >= 0.6 is 70.2 Å². The van der Waals surface area contributed by atoms with Gasteiger partial charge < -0.3 is 16.0 Å². The molecule has 0 fully saturated rings. The van der Waals surface area contributed by atoms with E-state index in [9.17, 15) is 18.0 Å². The number of hydrogen-bond donors (Lipinski definition) is 3. The van der Waals surface area contributed by atoms with Gasteiger partial charge >= 0.3 is 6.18 Å². The molecule has 1 rings (SSSR count). The van der Waals surface area contributed by atoms with Gasteiger partial charge in [-0.1, -0.05) is 64.1 Å². The first-order valence-electron chi connectivity index (χ1n) is 6.20. The number of halogens is 8. The lowest BCUT2D eigenvalue weighted by atomic mass is 10.2. The molecule has 140 valence electrons. The molecule has 0 aliphatic heterocycles. The van der Waals surface area contributed by atoms with E-state index in [-0.39, 0.29) is 10.8 Å². The molecule has 4 nitrogen and oxygen atoms in total. The standard InChI is InChI=1S/C12H9Cl5F3N3OS/c13-7(14)8(24)22-9(11(15,16)17)23-10(25)21-6-3-1-2-5(4-6)12(18,19)20/h1-4,7,9H,(H,22,24)(H2,21,23,25). The Balaban J connectivity index is 2.83. The highest BCUT2D eigenvalue weighted by Gasteiger charge is 2.35. The van der Waals surface area contributed by atoms with Crippen LogP contribution in [0.2, 0.25) is 0 Å². The number of rotatable bonds is 4. The fourth-order valence-electron chi connectivity index (χ4n) is 1.48. The van der Waals surface area contributed by atoms with Crippen LogP contribution in [0.4, 0.5) is 18.9 Å². The molecule has 0 aliphatic carbocycles. The number of amides is 1. The third kappa shape index (κ3) is 7.80. The maximum absolute atomic E-state index is 12.7. The number of alkyl halides is 8. The average molecular weight is 478 g/mol. The van der Waals surface area contributed by atoms with Crippen LogP contribution in [0, 0.1) is 0 Å². The van der Waals surface area contributed by atoms with E-state index in [2.05, 4.69) is 16.0 Å². The Kier molecular flexibility index (Phi) is 8.17. The number of anilines is 1. The summed E-state index contributed by atoms with van der Waals surface area (Å²) in [5.41, 5.74) is -0.840. The van der Waals surface area contributed by atoms with Crippen molar-refractivity contribution in [2.45, 2.75) is 21.0 Å². The number of thiocarbonyl (C=S) groups is 1. The van der Waals surface area contributed by atoms with Crippen molar-refractivity contribution in [2.24, 2.45) is 0 Å². The molecule has 1 atom stereocenters. The van der Waals surface area contributed by atoms with E-state index in [0.717, 1.165) is 12.1 Å². The number of hydrogen-bond acceptors (Lipinski definition) is 2. The SMILES string of the molecule is O=C(NC(NC(=S)Nc1cccc(C(F)(F)F)c1)C(Cl)(Cl)Cl)C(Cl)Cl. The average Bonchev–Trinajstić information content (AvgIpc) is 2.44. The molecule has 25 heavy (non-hydrogen) atoms. The molecular weight excluding hydrogens is 468 g/mol. The molecule has 0 spiro atoms. The predicted molar refractivity (Wildman–Crippen MR) is 98.5 cm³/mol. The Morgan fingerprint density at radius 2 is 1.72 bits per heavy atom. The maximum Gasteiger partial charge on any atom is 0.416 e. The van der Waals surface area contributed by atoms with Crippen molar-refractivity contribution in [3.05, 3.63) is 29.8 Å². The lowest BCUT2D eigenvalue weighted by Gasteiger charge is -2.28. The Morgan fingerprint density at radius 1 is 1.12 bits per heavy atom. The van der Waals surface area contributed by atoms with Gasteiger partial charge in [0, 0.05) is 5.69 Å². The van der Waals surface area contributed by atoms with Crippen LogP contribution < -0.4 is 16.0 Å². The van der Waals surface area contributed by atoms with Gasteiger partial charge in [0.05, 0.1) is 5.56 Å². The molecule has 0 radical (unpaired) electrons. The van der Waals surface area contributed by atoms with Gasteiger partial charge in [-0.2, -0.15) is 13.2 Å². The zero-order valence-electron chi connectivity index (χ0n) is 11.8. The molecule has 0 aliphatic rings. The van der Waals surface area contributed by atoms with Gasteiger partial charge in [0.15, 0.2) is 9.95 Å². The largest absolute Gasteiger partial charge is 0.416 e. The van der Waals surface area contributed by atoms with Crippen molar-refractivity contribution in [2.75, 3.05) is 5.32 Å². The minimum Gasteiger partial charge on any atom is -0.339 e. The molecule has 13 heteroatoms. The first-order chi connectivity index (χ1) is 11.3. The molecule has 1 aromatic rings. The van der Waals surface area contributed by atoms with Gasteiger partial charge in [0.25, 0.3) is 5.91 Å². The summed E-state index contributed by atoms with van der Waals surface area (Å²) in [6.07, 6.45) is -5.87. The van der Waals surface area contributed by atoms with E-state index < -0.39 is 32.4 Å². The minimum absolute atomic E-state index is 0.0364. The zero-order valence-corrected chi connectivity index (χ0v) is 16.4. The van der Waals surface area contributed by atoms with E-state index in [1.807, 2.05) is 0 Å². The highest BCUT2D eigenvalue weighted by Crippen LogP contribution is 2.31. The Bertz CT molecular complexity index is 639. The Hall–Kier alpha value is -0.380. The molecule has 0 bridgehead atoms. The summed E-state index contributed by atoms with van der Waals surface area (Å²) in [5.74, 6) is -0.867. The van der Waals surface area contributed by atoms with Crippen molar-refractivity contribution in [3.63, 3.8) is 0 Å². The molecule has 1 amide bonds. The predicted octanol–water partition coefficient (Wildman–Crippen LogP) is 4.61. The van der Waals surface area contributed by atoms with Gasteiger partial charge in [0.2, 0.25) is 3.79 Å². The van der Waals surface area contributed by atoms with E-state index in [4.69, 9.17) is 70.2 Å². The van der Waals surface area contributed by atoms with Crippen molar-refractivity contribution in [1.82, 2.24) is 10.6 Å². The van der Waals surface area contributed by atoms with Crippen LogP contribution in [0.15, 0.2) is 24.3 Å². The molecule has 0 saturated carbocycles. The van der Waals surface area contributed by atoms with E-state index in [0.29, 0.717) is 0 Å².